The van der Waals surface area contributed by atoms with Gasteiger partial charge in [0.15, 0.2) is 0 Å². The van der Waals surface area contributed by atoms with Gasteiger partial charge in [0.2, 0.25) is 0 Å². The van der Waals surface area contributed by atoms with Gasteiger partial charge in [-0.15, -0.1) is 0 Å². The molecule has 0 aliphatic carbocycles. The number of hydrogen-bond acceptors (Lipinski definition) is 5. The van der Waals surface area contributed by atoms with Gasteiger partial charge in [-0.25, -0.2) is 9.97 Å². The molecule has 1 aromatic rings. The minimum atomic E-state index is 0.499. The van der Waals surface area contributed by atoms with Crippen molar-refractivity contribution in [3.05, 3.63) is 12.4 Å². The third-order valence-electron chi connectivity index (χ3n) is 2.10. The summed E-state index contributed by atoms with van der Waals surface area (Å²) in [7, 11) is 2.09. The van der Waals surface area contributed by atoms with E-state index in [0.29, 0.717) is 11.9 Å². The van der Waals surface area contributed by atoms with Crippen molar-refractivity contribution in [2.75, 3.05) is 31.2 Å². The van der Waals surface area contributed by atoms with E-state index in [1.165, 1.54) is 6.33 Å². The number of rotatable bonds is 2. The number of hydrogen-bond donors (Lipinski definition) is 2. The smallest absolute Gasteiger partial charge is 0.131 e. The summed E-state index contributed by atoms with van der Waals surface area (Å²) in [4.78, 5) is 10.1. The van der Waals surface area contributed by atoms with Gasteiger partial charge < -0.3 is 16.0 Å². The SMILES string of the molecule is CN1CC(Nc2cc(N)ncn2)C1. The number of aromatic nitrogens is 2. The minimum Gasteiger partial charge on any atom is -0.384 e. The number of likely N-dealkylation sites (tertiary alicyclic amines) is 1. The minimum absolute atomic E-state index is 0.499. The maximum atomic E-state index is 5.52. The van der Waals surface area contributed by atoms with E-state index in [9.17, 15) is 0 Å². The Morgan fingerprint density at radius 2 is 2.31 bits per heavy atom. The highest BCUT2D eigenvalue weighted by molar-refractivity contribution is 5.44. The second kappa shape index (κ2) is 3.18. The average Bonchev–Trinajstić information content (AvgIpc) is 2.01. The van der Waals surface area contributed by atoms with Gasteiger partial charge in [0.25, 0.3) is 0 Å². The maximum Gasteiger partial charge on any atom is 0.131 e. The molecule has 5 heteroatoms. The summed E-state index contributed by atoms with van der Waals surface area (Å²) in [5.41, 5.74) is 5.52. The molecule has 3 N–H and O–H groups in total. The molecule has 2 heterocycles. The molecule has 0 radical (unpaired) electrons. The van der Waals surface area contributed by atoms with E-state index in [4.69, 9.17) is 5.73 Å². The van der Waals surface area contributed by atoms with Crippen molar-refractivity contribution >= 4 is 11.6 Å². The monoisotopic (exact) mass is 179 g/mol. The van der Waals surface area contributed by atoms with Gasteiger partial charge in [0.1, 0.15) is 18.0 Å². The molecular weight excluding hydrogens is 166 g/mol. The van der Waals surface area contributed by atoms with E-state index in [0.717, 1.165) is 18.9 Å². The van der Waals surface area contributed by atoms with E-state index in [-0.39, 0.29) is 0 Å². The predicted molar refractivity (Wildman–Crippen MR) is 51.4 cm³/mol. The fourth-order valence-corrected chi connectivity index (χ4v) is 1.45. The summed E-state index contributed by atoms with van der Waals surface area (Å²) in [6.45, 7) is 2.12. The lowest BCUT2D eigenvalue weighted by molar-refractivity contribution is 0.205. The van der Waals surface area contributed by atoms with Gasteiger partial charge in [-0.05, 0) is 7.05 Å². The van der Waals surface area contributed by atoms with Gasteiger partial charge in [-0.2, -0.15) is 0 Å². The number of nitrogens with one attached hydrogen (secondary N) is 1. The molecule has 2 rings (SSSR count). The zero-order valence-electron chi connectivity index (χ0n) is 7.57. The quantitative estimate of drug-likeness (QED) is 0.657. The molecule has 0 atom stereocenters. The Balaban J connectivity index is 1.94. The lowest BCUT2D eigenvalue weighted by atomic mass is 10.1. The molecule has 0 spiro atoms. The van der Waals surface area contributed by atoms with E-state index in [2.05, 4.69) is 27.2 Å². The molecule has 0 aromatic carbocycles. The zero-order valence-corrected chi connectivity index (χ0v) is 7.57. The Hall–Kier alpha value is -1.36. The predicted octanol–water partition coefficient (Wildman–Crippen LogP) is -0.215. The molecule has 70 valence electrons. The molecule has 0 saturated carbocycles. The van der Waals surface area contributed by atoms with Crippen LogP contribution in [0.3, 0.4) is 0 Å². The molecular formula is C8H13N5. The lowest BCUT2D eigenvalue weighted by Crippen LogP contribution is -2.52. The Morgan fingerprint density at radius 3 is 2.92 bits per heavy atom. The Labute approximate surface area is 77.0 Å². The molecule has 0 unspecified atom stereocenters. The summed E-state index contributed by atoms with van der Waals surface area (Å²) in [6.07, 6.45) is 1.47. The molecule has 1 aromatic heterocycles. The van der Waals surface area contributed by atoms with Crippen molar-refractivity contribution in [3.63, 3.8) is 0 Å². The Bertz CT molecular complexity index is 294. The van der Waals surface area contributed by atoms with Crippen molar-refractivity contribution in [1.82, 2.24) is 14.9 Å². The van der Waals surface area contributed by atoms with Crippen LogP contribution < -0.4 is 11.1 Å². The second-order valence-electron chi connectivity index (χ2n) is 3.39. The summed E-state index contributed by atoms with van der Waals surface area (Å²) in [6, 6.07) is 2.25. The maximum absolute atomic E-state index is 5.52. The van der Waals surface area contributed by atoms with Crippen LogP contribution in [0.5, 0.6) is 0 Å². The Kier molecular flexibility index (Phi) is 2.02. The van der Waals surface area contributed by atoms with Crippen LogP contribution in [0.4, 0.5) is 11.6 Å². The second-order valence-corrected chi connectivity index (χ2v) is 3.39. The van der Waals surface area contributed by atoms with E-state index in [1.54, 1.807) is 6.07 Å². The number of nitrogens with zero attached hydrogens (tertiary/aromatic N) is 3. The summed E-state index contributed by atoms with van der Waals surface area (Å²) >= 11 is 0. The summed E-state index contributed by atoms with van der Waals surface area (Å²) in [5.74, 6) is 1.32. The number of nitrogens with two attached hydrogens (primary N) is 1. The molecule has 0 amide bonds. The molecule has 1 fully saturated rings. The van der Waals surface area contributed by atoms with Gasteiger partial charge >= 0.3 is 0 Å². The molecule has 1 aliphatic heterocycles. The molecule has 1 saturated heterocycles. The van der Waals surface area contributed by atoms with Crippen LogP contribution >= 0.6 is 0 Å². The van der Waals surface area contributed by atoms with Crippen LogP contribution in [0.15, 0.2) is 12.4 Å². The summed E-state index contributed by atoms with van der Waals surface area (Å²) in [5, 5.41) is 3.28. The van der Waals surface area contributed by atoms with Gasteiger partial charge in [-0.1, -0.05) is 0 Å². The largest absolute Gasteiger partial charge is 0.384 e. The highest BCUT2D eigenvalue weighted by atomic mass is 15.2. The number of anilines is 2. The third kappa shape index (κ3) is 1.86. The van der Waals surface area contributed by atoms with Gasteiger partial charge in [0, 0.05) is 19.2 Å². The van der Waals surface area contributed by atoms with E-state index >= 15 is 0 Å². The van der Waals surface area contributed by atoms with Crippen LogP contribution in [0.25, 0.3) is 0 Å². The fraction of sp³-hybridized carbons (Fsp3) is 0.500. The Morgan fingerprint density at radius 1 is 1.54 bits per heavy atom. The average molecular weight is 179 g/mol. The highest BCUT2D eigenvalue weighted by Crippen LogP contribution is 2.12. The van der Waals surface area contributed by atoms with Crippen LogP contribution in [0.1, 0.15) is 0 Å². The summed E-state index contributed by atoms with van der Waals surface area (Å²) < 4.78 is 0. The zero-order chi connectivity index (χ0) is 9.26. The standard InChI is InChI=1S/C8H13N5/c1-13-3-6(4-13)12-8-2-7(9)10-5-11-8/h2,5-6H,3-4H2,1H3,(H3,9,10,11,12). The molecule has 1 aliphatic rings. The van der Waals surface area contributed by atoms with Crippen LogP contribution in [0.2, 0.25) is 0 Å². The first-order valence-corrected chi connectivity index (χ1v) is 4.26. The van der Waals surface area contributed by atoms with Crippen molar-refractivity contribution in [1.29, 1.82) is 0 Å². The van der Waals surface area contributed by atoms with Gasteiger partial charge in [0.05, 0.1) is 6.04 Å². The first-order chi connectivity index (χ1) is 6.24. The van der Waals surface area contributed by atoms with Crippen molar-refractivity contribution in [2.24, 2.45) is 0 Å². The topological polar surface area (TPSA) is 67.1 Å². The van der Waals surface area contributed by atoms with Crippen molar-refractivity contribution in [3.8, 4) is 0 Å². The normalized spacial score (nSPS) is 18.2. The molecule has 5 nitrogen and oxygen atoms in total. The molecule has 13 heavy (non-hydrogen) atoms. The van der Waals surface area contributed by atoms with Gasteiger partial charge in [-0.3, -0.25) is 0 Å². The van der Waals surface area contributed by atoms with Crippen LogP contribution in [-0.2, 0) is 0 Å². The fourth-order valence-electron chi connectivity index (χ4n) is 1.45. The van der Waals surface area contributed by atoms with E-state index < -0.39 is 0 Å². The first-order valence-electron chi connectivity index (χ1n) is 4.26. The molecule has 0 bridgehead atoms. The number of nitrogen functional groups attached to an aromatic ring is 1. The van der Waals surface area contributed by atoms with Crippen LogP contribution in [-0.4, -0.2) is 41.0 Å². The first kappa shape index (κ1) is 8.25. The van der Waals surface area contributed by atoms with Crippen LogP contribution in [0, 0.1) is 0 Å². The highest BCUT2D eigenvalue weighted by Gasteiger charge is 2.22. The van der Waals surface area contributed by atoms with Crippen molar-refractivity contribution in [2.45, 2.75) is 6.04 Å². The third-order valence-corrected chi connectivity index (χ3v) is 2.10. The van der Waals surface area contributed by atoms with E-state index in [1.807, 2.05) is 0 Å². The van der Waals surface area contributed by atoms with Crippen molar-refractivity contribution < 1.29 is 0 Å². The number of likely N-dealkylation sites (N-methyl/N-ethyl adjacent to an activating group) is 1. The lowest BCUT2D eigenvalue weighted by Gasteiger charge is -2.36.